The molecule has 3 unspecified atom stereocenters. The lowest BCUT2D eigenvalue weighted by Crippen LogP contribution is -2.50. The third-order valence-corrected chi connectivity index (χ3v) is 5.21. The SMILES string of the molecule is CCC1CCCCC1NC1CCCCN(C(=O)OC(C)(C)C)C1. The van der Waals surface area contributed by atoms with Crippen molar-refractivity contribution in [1.29, 1.82) is 0 Å². The average molecular weight is 325 g/mol. The zero-order valence-electron chi connectivity index (χ0n) is 15.6. The van der Waals surface area contributed by atoms with Crippen LogP contribution in [0.2, 0.25) is 0 Å². The third kappa shape index (κ3) is 5.98. The minimum atomic E-state index is -0.414. The summed E-state index contributed by atoms with van der Waals surface area (Å²) < 4.78 is 5.57. The fraction of sp³-hybridized carbons (Fsp3) is 0.947. The fourth-order valence-corrected chi connectivity index (χ4v) is 3.99. The van der Waals surface area contributed by atoms with Crippen molar-refractivity contribution in [2.24, 2.45) is 5.92 Å². The molecule has 1 saturated carbocycles. The minimum absolute atomic E-state index is 0.151. The first-order valence-electron chi connectivity index (χ1n) is 9.63. The Kier molecular flexibility index (Phi) is 6.75. The number of rotatable bonds is 3. The van der Waals surface area contributed by atoms with Crippen LogP contribution in [0.5, 0.6) is 0 Å². The van der Waals surface area contributed by atoms with Gasteiger partial charge in [0.15, 0.2) is 0 Å². The van der Waals surface area contributed by atoms with Gasteiger partial charge in [-0.05, 0) is 52.4 Å². The number of hydrogen-bond donors (Lipinski definition) is 1. The summed E-state index contributed by atoms with van der Waals surface area (Å²) in [6.07, 6.45) is 9.94. The first-order chi connectivity index (χ1) is 10.9. The van der Waals surface area contributed by atoms with Crippen molar-refractivity contribution < 1.29 is 9.53 Å². The Morgan fingerprint density at radius 2 is 1.83 bits per heavy atom. The van der Waals surface area contributed by atoms with E-state index in [1.807, 2.05) is 25.7 Å². The van der Waals surface area contributed by atoms with Gasteiger partial charge in [-0.15, -0.1) is 0 Å². The van der Waals surface area contributed by atoms with Crippen LogP contribution in [0.25, 0.3) is 0 Å². The van der Waals surface area contributed by atoms with E-state index in [-0.39, 0.29) is 6.09 Å². The highest BCUT2D eigenvalue weighted by Crippen LogP contribution is 2.28. The zero-order valence-corrected chi connectivity index (χ0v) is 15.6. The third-order valence-electron chi connectivity index (χ3n) is 5.21. The summed E-state index contributed by atoms with van der Waals surface area (Å²) in [4.78, 5) is 14.3. The van der Waals surface area contributed by atoms with Crippen LogP contribution in [0.3, 0.4) is 0 Å². The van der Waals surface area contributed by atoms with Gasteiger partial charge in [0.05, 0.1) is 0 Å². The van der Waals surface area contributed by atoms with Gasteiger partial charge in [0.2, 0.25) is 0 Å². The van der Waals surface area contributed by atoms with Crippen LogP contribution >= 0.6 is 0 Å². The number of nitrogens with zero attached hydrogens (tertiary/aromatic N) is 1. The molecule has 1 saturated heterocycles. The van der Waals surface area contributed by atoms with E-state index in [0.29, 0.717) is 12.1 Å². The molecular formula is C19H36N2O2. The van der Waals surface area contributed by atoms with Gasteiger partial charge in [0.1, 0.15) is 5.60 Å². The summed E-state index contributed by atoms with van der Waals surface area (Å²) >= 11 is 0. The second-order valence-corrected chi connectivity index (χ2v) is 8.35. The standard InChI is InChI=1S/C19H36N2O2/c1-5-15-10-6-7-12-17(15)20-16-11-8-9-13-21(14-16)18(22)23-19(2,3)4/h15-17,20H,5-14H2,1-4H3. The topological polar surface area (TPSA) is 41.6 Å². The largest absolute Gasteiger partial charge is 0.444 e. The lowest BCUT2D eigenvalue weighted by atomic mass is 9.82. The van der Waals surface area contributed by atoms with E-state index in [9.17, 15) is 4.79 Å². The summed E-state index contributed by atoms with van der Waals surface area (Å²) in [7, 11) is 0. The van der Waals surface area contributed by atoms with E-state index in [4.69, 9.17) is 4.74 Å². The molecule has 2 rings (SSSR count). The average Bonchev–Trinajstić information content (AvgIpc) is 2.72. The highest BCUT2D eigenvalue weighted by atomic mass is 16.6. The normalized spacial score (nSPS) is 29.9. The van der Waals surface area contributed by atoms with Crippen molar-refractivity contribution in [3.63, 3.8) is 0 Å². The zero-order chi connectivity index (χ0) is 16.9. The van der Waals surface area contributed by atoms with Gasteiger partial charge in [-0.3, -0.25) is 0 Å². The molecule has 1 aliphatic carbocycles. The number of ether oxygens (including phenoxy) is 1. The van der Waals surface area contributed by atoms with Crippen molar-refractivity contribution >= 4 is 6.09 Å². The molecule has 4 nitrogen and oxygen atoms in total. The maximum absolute atomic E-state index is 12.4. The second kappa shape index (κ2) is 8.36. The summed E-state index contributed by atoms with van der Waals surface area (Å²) in [6.45, 7) is 9.74. The predicted octanol–water partition coefficient (Wildman–Crippen LogP) is 4.33. The van der Waals surface area contributed by atoms with Crippen molar-refractivity contribution in [2.45, 2.75) is 96.7 Å². The predicted molar refractivity (Wildman–Crippen MR) is 94.6 cm³/mol. The lowest BCUT2D eigenvalue weighted by molar-refractivity contribution is 0.0238. The Labute approximate surface area is 142 Å². The monoisotopic (exact) mass is 324 g/mol. The molecule has 1 aliphatic heterocycles. The van der Waals surface area contributed by atoms with Crippen LogP contribution < -0.4 is 5.32 Å². The summed E-state index contributed by atoms with van der Waals surface area (Å²) in [5, 5.41) is 3.90. The Hall–Kier alpha value is -0.770. The van der Waals surface area contributed by atoms with E-state index >= 15 is 0 Å². The molecule has 0 radical (unpaired) electrons. The van der Waals surface area contributed by atoms with Gasteiger partial charge in [0.25, 0.3) is 0 Å². The quantitative estimate of drug-likeness (QED) is 0.840. The molecule has 4 heteroatoms. The number of nitrogens with one attached hydrogen (secondary N) is 1. The van der Waals surface area contributed by atoms with Crippen molar-refractivity contribution in [3.8, 4) is 0 Å². The molecule has 0 aromatic heterocycles. The summed E-state index contributed by atoms with van der Waals surface area (Å²) in [6, 6.07) is 1.06. The van der Waals surface area contributed by atoms with Gasteiger partial charge in [-0.1, -0.05) is 32.6 Å². The van der Waals surface area contributed by atoms with Crippen molar-refractivity contribution in [3.05, 3.63) is 0 Å². The van der Waals surface area contributed by atoms with Gasteiger partial charge < -0.3 is 15.0 Å². The Morgan fingerprint density at radius 1 is 1.13 bits per heavy atom. The van der Waals surface area contributed by atoms with Gasteiger partial charge in [0, 0.05) is 25.2 Å². The van der Waals surface area contributed by atoms with E-state index in [2.05, 4.69) is 12.2 Å². The molecule has 2 fully saturated rings. The molecule has 1 N–H and O–H groups in total. The van der Waals surface area contributed by atoms with Crippen molar-refractivity contribution in [2.75, 3.05) is 13.1 Å². The van der Waals surface area contributed by atoms with Crippen LogP contribution in [0.1, 0.15) is 79.1 Å². The highest BCUT2D eigenvalue weighted by molar-refractivity contribution is 5.68. The lowest BCUT2D eigenvalue weighted by Gasteiger charge is -2.36. The molecule has 1 heterocycles. The van der Waals surface area contributed by atoms with Gasteiger partial charge in [-0.2, -0.15) is 0 Å². The van der Waals surface area contributed by atoms with Gasteiger partial charge in [-0.25, -0.2) is 4.79 Å². The Balaban J connectivity index is 1.92. The van der Waals surface area contributed by atoms with Crippen molar-refractivity contribution in [1.82, 2.24) is 10.2 Å². The van der Waals surface area contributed by atoms with E-state index in [1.54, 1.807) is 0 Å². The molecule has 23 heavy (non-hydrogen) atoms. The number of likely N-dealkylation sites (tertiary alicyclic amines) is 1. The molecule has 2 aliphatic rings. The van der Waals surface area contributed by atoms with Crippen LogP contribution in [0.4, 0.5) is 4.79 Å². The van der Waals surface area contributed by atoms with Crippen LogP contribution in [-0.4, -0.2) is 41.8 Å². The molecule has 0 bridgehead atoms. The van der Waals surface area contributed by atoms with Crippen LogP contribution in [-0.2, 0) is 4.74 Å². The summed E-state index contributed by atoms with van der Waals surface area (Å²) in [5.41, 5.74) is -0.414. The van der Waals surface area contributed by atoms with Gasteiger partial charge >= 0.3 is 6.09 Å². The van der Waals surface area contributed by atoms with E-state index < -0.39 is 5.60 Å². The molecule has 0 aromatic carbocycles. The highest BCUT2D eigenvalue weighted by Gasteiger charge is 2.30. The molecular weight excluding hydrogens is 288 g/mol. The fourth-order valence-electron chi connectivity index (χ4n) is 3.99. The molecule has 0 spiro atoms. The molecule has 134 valence electrons. The minimum Gasteiger partial charge on any atom is -0.444 e. The van der Waals surface area contributed by atoms with Crippen LogP contribution in [0.15, 0.2) is 0 Å². The molecule has 3 atom stereocenters. The number of hydrogen-bond acceptors (Lipinski definition) is 3. The van der Waals surface area contributed by atoms with E-state index in [1.165, 1.54) is 44.9 Å². The Bertz CT molecular complexity index is 378. The number of carbonyl (C=O) groups excluding carboxylic acids is 1. The van der Waals surface area contributed by atoms with Crippen LogP contribution in [0, 0.1) is 5.92 Å². The maximum atomic E-state index is 12.4. The first kappa shape index (κ1) is 18.6. The maximum Gasteiger partial charge on any atom is 0.410 e. The number of amides is 1. The second-order valence-electron chi connectivity index (χ2n) is 8.35. The summed E-state index contributed by atoms with van der Waals surface area (Å²) in [5.74, 6) is 0.807. The first-order valence-corrected chi connectivity index (χ1v) is 9.63. The number of carbonyl (C=O) groups is 1. The Morgan fingerprint density at radius 3 is 2.52 bits per heavy atom. The molecule has 1 amide bonds. The smallest absolute Gasteiger partial charge is 0.410 e. The molecule has 0 aromatic rings. The van der Waals surface area contributed by atoms with E-state index in [0.717, 1.165) is 25.4 Å².